The molecule has 3 atom stereocenters. The molecule has 4 rings (SSSR count). The second kappa shape index (κ2) is 6.99. The highest BCUT2D eigenvalue weighted by atomic mass is 35.5. The molecule has 0 aromatic heterocycles. The van der Waals surface area contributed by atoms with Gasteiger partial charge in [0.2, 0.25) is 5.78 Å². The molecule has 2 aromatic rings. The molecule has 1 aliphatic carbocycles. The minimum atomic E-state index is -1.14. The fraction of sp³-hybridized carbons (Fsp3) is 0.286. The van der Waals surface area contributed by atoms with Crippen molar-refractivity contribution in [2.24, 2.45) is 11.8 Å². The van der Waals surface area contributed by atoms with Crippen LogP contribution in [0.15, 0.2) is 42.5 Å². The van der Waals surface area contributed by atoms with E-state index in [0.717, 1.165) is 0 Å². The van der Waals surface area contributed by atoms with E-state index >= 15 is 0 Å². The zero-order chi connectivity index (χ0) is 20.1. The van der Waals surface area contributed by atoms with Gasteiger partial charge >= 0.3 is 5.97 Å². The van der Waals surface area contributed by atoms with E-state index < -0.39 is 29.1 Å². The van der Waals surface area contributed by atoms with Crippen LogP contribution in [-0.4, -0.2) is 30.7 Å². The largest absolute Gasteiger partial charge is 0.460 e. The second-order valence-corrected chi connectivity index (χ2v) is 7.74. The number of hydrogen-bond donors (Lipinski definition) is 1. The number of ketones is 2. The molecule has 1 heterocycles. The summed E-state index contributed by atoms with van der Waals surface area (Å²) in [4.78, 5) is 38.6. The fourth-order valence-electron chi connectivity index (χ4n) is 4.46. The van der Waals surface area contributed by atoms with Gasteiger partial charge in [0.1, 0.15) is 0 Å². The van der Waals surface area contributed by atoms with E-state index in [1.54, 1.807) is 49.4 Å². The van der Waals surface area contributed by atoms with Gasteiger partial charge in [-0.3, -0.25) is 9.59 Å². The Morgan fingerprint density at radius 2 is 1.93 bits per heavy atom. The number of ether oxygens (including phenoxy) is 1. The number of nitrogens with one attached hydrogen (secondary N) is 1. The van der Waals surface area contributed by atoms with Gasteiger partial charge in [0.15, 0.2) is 5.78 Å². The van der Waals surface area contributed by atoms with E-state index in [-0.39, 0.29) is 18.9 Å². The standard InChI is InChI=1S/C21H17Cl2NO4/c1-2-28-20(27)19(26)17-13-10-24-21(17,14-5-3-4-6-16(14)23)15-9-11(22)7-8-12(15)18(13)25/h3-9,13,17,24H,2,10H2,1H3/t13?,17-,21-/m1/s1. The quantitative estimate of drug-likeness (QED) is 0.609. The van der Waals surface area contributed by atoms with Gasteiger partial charge in [0.25, 0.3) is 0 Å². The molecule has 2 bridgehead atoms. The minimum Gasteiger partial charge on any atom is -0.460 e. The minimum absolute atomic E-state index is 0.0742. The monoisotopic (exact) mass is 417 g/mol. The highest BCUT2D eigenvalue weighted by Crippen LogP contribution is 2.53. The molecule has 5 nitrogen and oxygen atoms in total. The molecule has 144 valence electrons. The third kappa shape index (κ3) is 2.61. The smallest absolute Gasteiger partial charge is 0.375 e. The van der Waals surface area contributed by atoms with Crippen molar-refractivity contribution in [1.82, 2.24) is 5.32 Å². The van der Waals surface area contributed by atoms with Crippen molar-refractivity contribution in [3.63, 3.8) is 0 Å². The highest BCUT2D eigenvalue weighted by Gasteiger charge is 2.62. The van der Waals surface area contributed by atoms with Crippen LogP contribution in [0.25, 0.3) is 0 Å². The average molecular weight is 418 g/mol. The van der Waals surface area contributed by atoms with Crippen LogP contribution in [0.2, 0.25) is 10.0 Å². The molecule has 1 N–H and O–H groups in total. The van der Waals surface area contributed by atoms with Crippen LogP contribution in [0.3, 0.4) is 0 Å². The molecule has 28 heavy (non-hydrogen) atoms. The molecule has 0 amide bonds. The summed E-state index contributed by atoms with van der Waals surface area (Å²) in [5, 5.41) is 4.19. The predicted molar refractivity (Wildman–Crippen MR) is 105 cm³/mol. The normalized spacial score (nSPS) is 25.3. The summed E-state index contributed by atoms with van der Waals surface area (Å²) in [6.45, 7) is 1.94. The van der Waals surface area contributed by atoms with Crippen LogP contribution in [0, 0.1) is 11.8 Å². The van der Waals surface area contributed by atoms with E-state index in [0.29, 0.717) is 26.7 Å². The van der Waals surface area contributed by atoms with E-state index in [9.17, 15) is 14.4 Å². The van der Waals surface area contributed by atoms with Gasteiger partial charge in [-0.05, 0) is 42.3 Å². The Bertz CT molecular complexity index is 1010. The van der Waals surface area contributed by atoms with Crippen molar-refractivity contribution < 1.29 is 19.1 Å². The summed E-state index contributed by atoms with van der Waals surface area (Å²) in [7, 11) is 0. The lowest BCUT2D eigenvalue weighted by molar-refractivity contribution is -0.156. The Hall–Kier alpha value is -2.21. The van der Waals surface area contributed by atoms with E-state index in [1.165, 1.54) is 0 Å². The molecule has 2 aromatic carbocycles. The average Bonchev–Trinajstić information content (AvgIpc) is 3.03. The number of Topliss-reactive ketones (excluding diaryl/α,β-unsaturated/α-hetero) is 2. The first-order valence-electron chi connectivity index (χ1n) is 8.97. The van der Waals surface area contributed by atoms with Crippen molar-refractivity contribution in [3.8, 4) is 0 Å². The van der Waals surface area contributed by atoms with Gasteiger partial charge in [-0.15, -0.1) is 0 Å². The molecule has 1 fully saturated rings. The lowest BCUT2D eigenvalue weighted by Crippen LogP contribution is -2.52. The molecule has 0 saturated carbocycles. The third-order valence-corrected chi connectivity index (χ3v) is 6.10. The number of benzene rings is 2. The molecular weight excluding hydrogens is 401 g/mol. The van der Waals surface area contributed by atoms with Crippen LogP contribution in [0.1, 0.15) is 28.4 Å². The van der Waals surface area contributed by atoms with E-state index in [1.807, 2.05) is 0 Å². The number of carbonyl (C=O) groups excluding carboxylic acids is 3. The molecule has 1 saturated heterocycles. The summed E-state index contributed by atoms with van der Waals surface area (Å²) in [6, 6.07) is 12.1. The maximum Gasteiger partial charge on any atom is 0.375 e. The van der Waals surface area contributed by atoms with E-state index in [2.05, 4.69) is 5.32 Å². The van der Waals surface area contributed by atoms with Gasteiger partial charge in [0.05, 0.1) is 18.1 Å². The fourth-order valence-corrected chi connectivity index (χ4v) is 4.92. The van der Waals surface area contributed by atoms with Gasteiger partial charge in [-0.25, -0.2) is 4.79 Å². The second-order valence-electron chi connectivity index (χ2n) is 6.89. The number of halogens is 2. The first-order chi connectivity index (χ1) is 13.4. The highest BCUT2D eigenvalue weighted by molar-refractivity contribution is 6.36. The number of esters is 1. The van der Waals surface area contributed by atoms with Crippen molar-refractivity contribution in [1.29, 1.82) is 0 Å². The molecule has 0 radical (unpaired) electrons. The summed E-state index contributed by atoms with van der Waals surface area (Å²) in [6.07, 6.45) is 0. The van der Waals surface area contributed by atoms with Crippen LogP contribution < -0.4 is 5.32 Å². The molecule has 2 aliphatic rings. The Balaban J connectivity index is 2.02. The topological polar surface area (TPSA) is 72.5 Å². The lowest BCUT2D eigenvalue weighted by Gasteiger charge is -2.41. The summed E-state index contributed by atoms with van der Waals surface area (Å²) in [5.74, 6) is -3.54. The summed E-state index contributed by atoms with van der Waals surface area (Å²) in [5.41, 5.74) is 0.514. The third-order valence-electron chi connectivity index (χ3n) is 5.54. The van der Waals surface area contributed by atoms with Crippen LogP contribution >= 0.6 is 23.2 Å². The first-order valence-corrected chi connectivity index (χ1v) is 9.72. The summed E-state index contributed by atoms with van der Waals surface area (Å²) < 4.78 is 4.95. The lowest BCUT2D eigenvalue weighted by atomic mass is 9.62. The maximum absolute atomic E-state index is 13.1. The Labute approximate surface area is 172 Å². The molecule has 0 spiro atoms. The van der Waals surface area contributed by atoms with Crippen LogP contribution in [-0.2, 0) is 19.9 Å². The Morgan fingerprint density at radius 3 is 2.64 bits per heavy atom. The van der Waals surface area contributed by atoms with Gasteiger partial charge < -0.3 is 10.1 Å². The van der Waals surface area contributed by atoms with Crippen LogP contribution in [0.4, 0.5) is 0 Å². The Morgan fingerprint density at radius 1 is 1.18 bits per heavy atom. The molecular formula is C21H17Cl2NO4. The first kappa shape index (κ1) is 19.1. The zero-order valence-corrected chi connectivity index (χ0v) is 16.5. The van der Waals surface area contributed by atoms with E-state index in [4.69, 9.17) is 27.9 Å². The van der Waals surface area contributed by atoms with Gasteiger partial charge in [-0.1, -0.05) is 41.4 Å². The number of hydrogen-bond acceptors (Lipinski definition) is 5. The SMILES string of the molecule is CCOC(=O)C(=O)[C@H]1C2CN[C@]1(c1ccccc1Cl)c1cc(Cl)ccc1C2=O. The Kier molecular flexibility index (Phi) is 4.78. The molecule has 7 heteroatoms. The van der Waals surface area contributed by atoms with Gasteiger partial charge in [-0.2, -0.15) is 0 Å². The van der Waals surface area contributed by atoms with Crippen molar-refractivity contribution in [3.05, 3.63) is 69.2 Å². The predicted octanol–water partition coefficient (Wildman–Crippen LogP) is 3.40. The number of carbonyl (C=O) groups is 3. The number of rotatable bonds is 4. The van der Waals surface area contributed by atoms with Crippen molar-refractivity contribution in [2.45, 2.75) is 12.5 Å². The van der Waals surface area contributed by atoms with Crippen molar-refractivity contribution >= 4 is 40.7 Å². The summed E-state index contributed by atoms with van der Waals surface area (Å²) >= 11 is 12.8. The number of fused-ring (bicyclic) bond motifs is 4. The molecule has 1 unspecified atom stereocenters. The van der Waals surface area contributed by atoms with Crippen LogP contribution in [0.5, 0.6) is 0 Å². The van der Waals surface area contributed by atoms with Crippen molar-refractivity contribution in [2.75, 3.05) is 13.2 Å². The maximum atomic E-state index is 13.1. The molecule has 1 aliphatic heterocycles. The zero-order valence-electron chi connectivity index (χ0n) is 15.0. The van der Waals surface area contributed by atoms with Gasteiger partial charge in [0, 0.05) is 28.1 Å².